The molecule has 2 fully saturated rings. The van der Waals surface area contributed by atoms with E-state index >= 15 is 0 Å². The van der Waals surface area contributed by atoms with Gasteiger partial charge in [0, 0.05) is 43.2 Å². The monoisotopic (exact) mass is 546 g/mol. The van der Waals surface area contributed by atoms with Gasteiger partial charge in [0.05, 0.1) is 13.4 Å². The number of nitrogens with zero attached hydrogens (tertiary/aromatic N) is 1. The number of ether oxygens (including phenoxy) is 2. The lowest BCUT2D eigenvalue weighted by Gasteiger charge is -2.41. The lowest BCUT2D eigenvalue weighted by molar-refractivity contribution is -0.117. The molecule has 0 atom stereocenters. The van der Waals surface area contributed by atoms with E-state index in [1.54, 1.807) is 38.3 Å². The van der Waals surface area contributed by atoms with Crippen molar-refractivity contribution in [3.8, 4) is 0 Å². The summed E-state index contributed by atoms with van der Waals surface area (Å²) >= 11 is 0. The number of nitrogens with one attached hydrogen (secondary N) is 3. The van der Waals surface area contributed by atoms with Gasteiger partial charge in [0.1, 0.15) is 6.61 Å². The van der Waals surface area contributed by atoms with E-state index in [1.807, 2.05) is 30.3 Å². The molecular weight excluding hydrogens is 508 g/mol. The zero-order valence-electron chi connectivity index (χ0n) is 22.0. The number of piperidine rings is 1. The maximum absolute atomic E-state index is 12.8. The van der Waals surface area contributed by atoms with Crippen LogP contribution in [0.5, 0.6) is 0 Å². The van der Waals surface area contributed by atoms with Crippen molar-refractivity contribution < 1.29 is 27.5 Å². The van der Waals surface area contributed by atoms with Gasteiger partial charge in [0.2, 0.25) is 5.91 Å². The van der Waals surface area contributed by atoms with Crippen molar-refractivity contribution in [1.82, 2.24) is 19.7 Å². The Bertz CT molecular complexity index is 1120. The number of hydrogen-bond acceptors (Lipinski definition) is 6. The van der Waals surface area contributed by atoms with Crippen molar-refractivity contribution in [2.24, 2.45) is 0 Å². The number of hydrogen-bond donors (Lipinski definition) is 3. The molecule has 0 unspecified atom stereocenters. The SMILES string of the molecule is CO/C=C/C=C\C=C(/C)C(=O)NCC1(c2ccccc2)CCN(S(=O)(=O)NCCOC(=O)NC2CC2)CC1. The predicted octanol–water partition coefficient (Wildman–Crippen LogP) is 2.52. The van der Waals surface area contributed by atoms with Gasteiger partial charge in [-0.1, -0.05) is 48.6 Å². The molecule has 0 radical (unpaired) electrons. The fraction of sp³-hybridized carbons (Fsp3) is 0.481. The number of amides is 2. The number of carbonyl (C=O) groups excluding carboxylic acids is 2. The Labute approximate surface area is 225 Å². The summed E-state index contributed by atoms with van der Waals surface area (Å²) in [6.45, 7) is 2.68. The number of carbonyl (C=O) groups is 2. The molecule has 2 amide bonds. The minimum atomic E-state index is -3.73. The number of rotatable bonds is 13. The van der Waals surface area contributed by atoms with Crippen LogP contribution in [0.25, 0.3) is 0 Å². The fourth-order valence-electron chi connectivity index (χ4n) is 4.21. The molecule has 208 valence electrons. The molecule has 1 saturated carbocycles. The van der Waals surface area contributed by atoms with E-state index in [9.17, 15) is 18.0 Å². The van der Waals surface area contributed by atoms with Crippen LogP contribution in [0.4, 0.5) is 4.79 Å². The van der Waals surface area contributed by atoms with Crippen LogP contribution in [0.2, 0.25) is 0 Å². The van der Waals surface area contributed by atoms with Crippen molar-refractivity contribution in [2.45, 2.75) is 44.1 Å². The summed E-state index contributed by atoms with van der Waals surface area (Å²) in [5.41, 5.74) is 1.23. The average molecular weight is 547 g/mol. The largest absolute Gasteiger partial charge is 0.504 e. The maximum Gasteiger partial charge on any atom is 0.407 e. The van der Waals surface area contributed by atoms with E-state index in [0.717, 1.165) is 18.4 Å². The number of alkyl carbamates (subject to hydrolysis) is 1. The first-order valence-electron chi connectivity index (χ1n) is 12.8. The van der Waals surface area contributed by atoms with Crippen LogP contribution in [0.15, 0.2) is 66.5 Å². The summed E-state index contributed by atoms with van der Waals surface area (Å²) in [5, 5.41) is 5.74. The van der Waals surface area contributed by atoms with E-state index in [2.05, 4.69) is 15.4 Å². The van der Waals surface area contributed by atoms with Crippen LogP contribution < -0.4 is 15.4 Å². The molecule has 1 heterocycles. The summed E-state index contributed by atoms with van der Waals surface area (Å²) in [7, 11) is -2.17. The highest BCUT2D eigenvalue weighted by atomic mass is 32.2. The Morgan fingerprint density at radius 1 is 1.11 bits per heavy atom. The van der Waals surface area contributed by atoms with E-state index in [1.165, 1.54) is 10.6 Å². The normalized spacial score (nSPS) is 18.4. The minimum absolute atomic E-state index is 0.00186. The first-order valence-corrected chi connectivity index (χ1v) is 14.2. The molecule has 3 N–H and O–H groups in total. The second-order valence-electron chi connectivity index (χ2n) is 9.48. The van der Waals surface area contributed by atoms with Crippen molar-refractivity contribution in [2.75, 3.05) is 39.9 Å². The molecule has 10 nitrogen and oxygen atoms in total. The molecule has 2 aliphatic rings. The topological polar surface area (TPSA) is 126 Å². The van der Waals surface area contributed by atoms with E-state index in [0.29, 0.717) is 38.0 Å². The van der Waals surface area contributed by atoms with Gasteiger partial charge < -0.3 is 20.1 Å². The van der Waals surface area contributed by atoms with Gasteiger partial charge >= 0.3 is 6.09 Å². The molecule has 1 aromatic carbocycles. The molecule has 0 spiro atoms. The van der Waals surface area contributed by atoms with Crippen molar-refractivity contribution in [3.05, 3.63) is 72.0 Å². The quantitative estimate of drug-likeness (QED) is 0.151. The van der Waals surface area contributed by atoms with Gasteiger partial charge in [-0.3, -0.25) is 4.79 Å². The lowest BCUT2D eigenvalue weighted by Crippen LogP contribution is -2.52. The van der Waals surface area contributed by atoms with Crippen molar-refractivity contribution >= 4 is 22.2 Å². The standard InChI is InChI=1S/C27H38N4O6S/c1-22(9-5-4-8-19-36-2)25(32)28-21-27(23-10-6-3-7-11-23)14-17-31(18-15-27)38(34,35)29-16-20-37-26(33)30-24-12-13-24/h3-11,19,24,29H,12-18,20-21H2,1-2H3,(H,28,32)(H,30,33)/b5-4-,19-8+,22-9+. The van der Waals surface area contributed by atoms with Crippen molar-refractivity contribution in [1.29, 1.82) is 0 Å². The number of methoxy groups -OCH3 is 1. The summed E-state index contributed by atoms with van der Waals surface area (Å²) in [5.74, 6) is -0.178. The fourth-order valence-corrected chi connectivity index (χ4v) is 5.40. The molecule has 38 heavy (non-hydrogen) atoms. The third-order valence-corrected chi connectivity index (χ3v) is 8.27. The van der Waals surface area contributed by atoms with Gasteiger partial charge in [-0.05, 0) is 44.2 Å². The second kappa shape index (κ2) is 14.1. The third-order valence-electron chi connectivity index (χ3n) is 6.65. The van der Waals surface area contributed by atoms with Gasteiger partial charge in [-0.2, -0.15) is 17.4 Å². The highest BCUT2D eigenvalue weighted by Gasteiger charge is 2.39. The van der Waals surface area contributed by atoms with E-state index < -0.39 is 21.7 Å². The molecule has 1 saturated heterocycles. The molecule has 1 aliphatic carbocycles. The van der Waals surface area contributed by atoms with Crippen LogP contribution >= 0.6 is 0 Å². The van der Waals surface area contributed by atoms with E-state index in [-0.39, 0.29) is 25.1 Å². The Morgan fingerprint density at radius 3 is 2.47 bits per heavy atom. The minimum Gasteiger partial charge on any atom is -0.504 e. The highest BCUT2D eigenvalue weighted by Crippen LogP contribution is 2.35. The second-order valence-corrected chi connectivity index (χ2v) is 11.2. The first kappa shape index (κ1) is 29.4. The van der Waals surface area contributed by atoms with Crippen LogP contribution in [0, 0.1) is 0 Å². The predicted molar refractivity (Wildman–Crippen MR) is 145 cm³/mol. The summed E-state index contributed by atoms with van der Waals surface area (Å²) in [6.07, 6.45) is 11.0. The van der Waals surface area contributed by atoms with Gasteiger partial charge in [-0.15, -0.1) is 0 Å². The average Bonchev–Trinajstić information content (AvgIpc) is 3.74. The molecule has 1 aliphatic heterocycles. The number of allylic oxidation sites excluding steroid dienone is 4. The van der Waals surface area contributed by atoms with Crippen LogP contribution in [-0.4, -0.2) is 70.7 Å². The zero-order valence-corrected chi connectivity index (χ0v) is 22.8. The van der Waals surface area contributed by atoms with Crippen LogP contribution in [0.3, 0.4) is 0 Å². The molecule has 1 aromatic rings. The summed E-state index contributed by atoms with van der Waals surface area (Å²) in [6, 6.07) is 10.1. The third kappa shape index (κ3) is 9.00. The Balaban J connectivity index is 1.55. The van der Waals surface area contributed by atoms with E-state index in [4.69, 9.17) is 9.47 Å². The van der Waals surface area contributed by atoms with Crippen LogP contribution in [-0.2, 0) is 29.9 Å². The molecule has 11 heteroatoms. The van der Waals surface area contributed by atoms with Crippen LogP contribution in [0.1, 0.15) is 38.2 Å². The smallest absolute Gasteiger partial charge is 0.407 e. The maximum atomic E-state index is 12.8. The van der Waals surface area contributed by atoms with Gasteiger partial charge in [0.25, 0.3) is 10.2 Å². The highest BCUT2D eigenvalue weighted by molar-refractivity contribution is 7.87. The van der Waals surface area contributed by atoms with Crippen molar-refractivity contribution in [3.63, 3.8) is 0 Å². The Morgan fingerprint density at radius 2 is 1.82 bits per heavy atom. The first-order chi connectivity index (χ1) is 18.3. The summed E-state index contributed by atoms with van der Waals surface area (Å²) in [4.78, 5) is 24.3. The molecule has 0 aromatic heterocycles. The molecular formula is C27H38N4O6S. The summed E-state index contributed by atoms with van der Waals surface area (Å²) < 4.78 is 39.5. The molecule has 0 bridgehead atoms. The molecule has 3 rings (SSSR count). The lowest BCUT2D eigenvalue weighted by atomic mass is 9.73. The van der Waals surface area contributed by atoms with Gasteiger partial charge in [0.15, 0.2) is 0 Å². The van der Waals surface area contributed by atoms with Gasteiger partial charge in [-0.25, -0.2) is 4.79 Å². The zero-order chi connectivity index (χ0) is 27.4. The number of benzene rings is 1. The Hall–Kier alpha value is -3.15. The Kier molecular flexibility index (Phi) is 10.9.